The lowest BCUT2D eigenvalue weighted by atomic mass is 10.1. The number of anilines is 1. The zero-order valence-electron chi connectivity index (χ0n) is 23.6. The molecule has 1 N–H and O–H groups in total. The molecule has 0 aliphatic heterocycles. The third kappa shape index (κ3) is 7.06. The lowest BCUT2D eigenvalue weighted by Crippen LogP contribution is -2.53. The van der Waals surface area contributed by atoms with Gasteiger partial charge in [0, 0.05) is 12.6 Å². The molecule has 0 aromatic heterocycles. The fourth-order valence-electron chi connectivity index (χ4n) is 4.51. The van der Waals surface area contributed by atoms with Crippen LogP contribution in [-0.4, -0.2) is 43.8 Å². The molecular formula is C31H39N3O4S. The quantitative estimate of drug-likeness (QED) is 0.359. The summed E-state index contributed by atoms with van der Waals surface area (Å²) in [6, 6.07) is 20.3. The number of benzene rings is 3. The van der Waals surface area contributed by atoms with Gasteiger partial charge in [-0.1, -0.05) is 61.5 Å². The number of carbonyl (C=O) groups excluding carboxylic acids is 2. The predicted molar refractivity (Wildman–Crippen MR) is 156 cm³/mol. The summed E-state index contributed by atoms with van der Waals surface area (Å²) in [4.78, 5) is 29.0. The van der Waals surface area contributed by atoms with Gasteiger partial charge in [0.05, 0.1) is 10.6 Å². The smallest absolute Gasteiger partial charge is 0.264 e. The minimum Gasteiger partial charge on any atom is -0.352 e. The van der Waals surface area contributed by atoms with Gasteiger partial charge in [-0.15, -0.1) is 0 Å². The van der Waals surface area contributed by atoms with Crippen molar-refractivity contribution in [1.29, 1.82) is 0 Å². The summed E-state index contributed by atoms with van der Waals surface area (Å²) in [5.41, 5.74) is 3.99. The highest BCUT2D eigenvalue weighted by Gasteiger charge is 2.34. The molecule has 1 atom stereocenters. The first kappa shape index (κ1) is 29.9. The van der Waals surface area contributed by atoms with Gasteiger partial charge in [0.25, 0.3) is 10.0 Å². The summed E-state index contributed by atoms with van der Waals surface area (Å²) in [7, 11) is -4.09. The number of amides is 2. The van der Waals surface area contributed by atoms with Crippen LogP contribution >= 0.6 is 0 Å². The number of sulfonamides is 1. The van der Waals surface area contributed by atoms with Gasteiger partial charge in [0.1, 0.15) is 12.6 Å². The van der Waals surface area contributed by atoms with E-state index in [2.05, 4.69) is 5.32 Å². The van der Waals surface area contributed by atoms with Crippen LogP contribution < -0.4 is 9.62 Å². The van der Waals surface area contributed by atoms with Crippen LogP contribution in [0.2, 0.25) is 0 Å². The van der Waals surface area contributed by atoms with Crippen molar-refractivity contribution in [2.24, 2.45) is 0 Å². The van der Waals surface area contributed by atoms with Gasteiger partial charge in [0.2, 0.25) is 11.8 Å². The molecule has 0 saturated carbocycles. The molecule has 0 spiro atoms. The number of nitrogens with zero attached hydrogens (tertiary/aromatic N) is 2. The van der Waals surface area contributed by atoms with Crippen molar-refractivity contribution < 1.29 is 18.0 Å². The molecule has 3 aromatic rings. The highest BCUT2D eigenvalue weighted by atomic mass is 32.2. The Morgan fingerprint density at radius 2 is 1.46 bits per heavy atom. The molecule has 0 bridgehead atoms. The average molecular weight is 550 g/mol. The fraction of sp³-hybridized carbons (Fsp3) is 0.355. The van der Waals surface area contributed by atoms with Crippen LogP contribution in [0.4, 0.5) is 5.69 Å². The molecule has 0 fully saturated rings. The van der Waals surface area contributed by atoms with Crippen LogP contribution in [0.3, 0.4) is 0 Å². The van der Waals surface area contributed by atoms with Crippen LogP contribution in [-0.2, 0) is 26.2 Å². The number of hydrogen-bond donors (Lipinski definition) is 1. The molecule has 8 heteroatoms. The van der Waals surface area contributed by atoms with Gasteiger partial charge < -0.3 is 10.2 Å². The van der Waals surface area contributed by atoms with Crippen LogP contribution in [0.5, 0.6) is 0 Å². The number of carbonyl (C=O) groups is 2. The van der Waals surface area contributed by atoms with Gasteiger partial charge in [0.15, 0.2) is 0 Å². The molecule has 208 valence electrons. The molecule has 0 aliphatic rings. The van der Waals surface area contributed by atoms with Crippen molar-refractivity contribution >= 4 is 27.5 Å². The fourth-order valence-corrected chi connectivity index (χ4v) is 6.00. The second-order valence-corrected chi connectivity index (χ2v) is 11.9. The Bertz CT molecular complexity index is 1400. The van der Waals surface area contributed by atoms with E-state index >= 15 is 0 Å². The number of hydrogen-bond acceptors (Lipinski definition) is 4. The summed E-state index contributed by atoms with van der Waals surface area (Å²) >= 11 is 0. The van der Waals surface area contributed by atoms with Gasteiger partial charge >= 0.3 is 0 Å². The van der Waals surface area contributed by atoms with Crippen LogP contribution in [0.15, 0.2) is 77.7 Å². The van der Waals surface area contributed by atoms with Gasteiger partial charge in [-0.3, -0.25) is 13.9 Å². The van der Waals surface area contributed by atoms with Crippen molar-refractivity contribution in [3.05, 3.63) is 95.1 Å². The average Bonchev–Trinajstić information content (AvgIpc) is 2.90. The Morgan fingerprint density at radius 1 is 0.846 bits per heavy atom. The predicted octanol–water partition coefficient (Wildman–Crippen LogP) is 5.14. The SMILES string of the molecule is CC[C@H](C(=O)NC(C)C)N(Cc1ccccc1C)C(=O)CN(c1cccc(C)c1C)S(=O)(=O)c1ccccc1. The maximum Gasteiger partial charge on any atom is 0.264 e. The Hall–Kier alpha value is -3.65. The largest absolute Gasteiger partial charge is 0.352 e. The molecule has 7 nitrogen and oxygen atoms in total. The molecule has 2 amide bonds. The first-order valence-corrected chi connectivity index (χ1v) is 14.7. The Labute approximate surface area is 232 Å². The minimum atomic E-state index is -4.09. The first-order chi connectivity index (χ1) is 18.5. The topological polar surface area (TPSA) is 86.8 Å². The standard InChI is InChI=1S/C31H39N3O4S/c1-7-28(31(36)32-22(2)3)33(20-26-16-12-11-14-24(26)5)30(35)21-34(29-19-13-15-23(4)25(29)6)39(37,38)27-17-9-8-10-18-27/h8-19,22,28H,7,20-21H2,1-6H3,(H,32,36)/t28-/m1/s1. The monoisotopic (exact) mass is 549 g/mol. The van der Waals surface area contributed by atoms with Gasteiger partial charge in [-0.25, -0.2) is 8.42 Å². The van der Waals surface area contributed by atoms with E-state index in [1.165, 1.54) is 21.3 Å². The van der Waals surface area contributed by atoms with Crippen molar-refractivity contribution in [3.8, 4) is 0 Å². The summed E-state index contributed by atoms with van der Waals surface area (Å²) in [5.74, 6) is -0.719. The lowest BCUT2D eigenvalue weighted by molar-refractivity contribution is -0.140. The summed E-state index contributed by atoms with van der Waals surface area (Å²) in [6.45, 7) is 11.0. The van der Waals surface area contributed by atoms with E-state index in [1.807, 2.05) is 71.9 Å². The van der Waals surface area contributed by atoms with E-state index in [1.54, 1.807) is 30.3 Å². The minimum absolute atomic E-state index is 0.0914. The summed E-state index contributed by atoms with van der Waals surface area (Å²) < 4.78 is 29.1. The van der Waals surface area contributed by atoms with Crippen molar-refractivity contribution in [3.63, 3.8) is 0 Å². The van der Waals surface area contributed by atoms with E-state index in [4.69, 9.17) is 0 Å². The second kappa shape index (κ2) is 12.9. The maximum absolute atomic E-state index is 14.1. The van der Waals surface area contributed by atoms with Crippen LogP contribution in [0.25, 0.3) is 0 Å². The third-order valence-electron chi connectivity index (χ3n) is 6.87. The molecule has 39 heavy (non-hydrogen) atoms. The molecular weight excluding hydrogens is 510 g/mol. The van der Waals surface area contributed by atoms with Crippen LogP contribution in [0, 0.1) is 20.8 Å². The zero-order chi connectivity index (χ0) is 28.7. The van der Waals surface area contributed by atoms with E-state index in [-0.39, 0.29) is 23.4 Å². The summed E-state index contributed by atoms with van der Waals surface area (Å²) in [6.07, 6.45) is 0.380. The lowest BCUT2D eigenvalue weighted by Gasteiger charge is -2.34. The molecule has 0 heterocycles. The molecule has 3 rings (SSSR count). The first-order valence-electron chi connectivity index (χ1n) is 13.3. The van der Waals surface area contributed by atoms with Crippen molar-refractivity contribution in [2.75, 3.05) is 10.8 Å². The van der Waals surface area contributed by atoms with E-state index in [9.17, 15) is 18.0 Å². The highest BCUT2D eigenvalue weighted by molar-refractivity contribution is 7.92. The molecule has 0 saturated heterocycles. The van der Waals surface area contributed by atoms with Crippen molar-refractivity contribution in [2.45, 2.75) is 71.5 Å². The molecule has 0 radical (unpaired) electrons. The third-order valence-corrected chi connectivity index (χ3v) is 8.65. The number of aryl methyl sites for hydroxylation is 2. The Morgan fingerprint density at radius 3 is 2.08 bits per heavy atom. The van der Waals surface area contributed by atoms with Gasteiger partial charge in [-0.05, 0) is 81.5 Å². The van der Waals surface area contributed by atoms with Gasteiger partial charge in [-0.2, -0.15) is 0 Å². The van der Waals surface area contributed by atoms with Crippen molar-refractivity contribution in [1.82, 2.24) is 10.2 Å². The highest BCUT2D eigenvalue weighted by Crippen LogP contribution is 2.29. The number of nitrogens with one attached hydrogen (secondary N) is 1. The van der Waals surface area contributed by atoms with E-state index in [0.717, 1.165) is 22.3 Å². The normalized spacial score (nSPS) is 12.2. The Balaban J connectivity index is 2.11. The molecule has 0 unspecified atom stereocenters. The van der Waals surface area contributed by atoms with E-state index < -0.39 is 28.5 Å². The van der Waals surface area contributed by atoms with Crippen LogP contribution in [0.1, 0.15) is 49.4 Å². The molecule has 3 aromatic carbocycles. The second-order valence-electron chi connectivity index (χ2n) is 10.1. The Kier molecular flexibility index (Phi) is 9.92. The molecule has 0 aliphatic carbocycles. The van der Waals surface area contributed by atoms with E-state index in [0.29, 0.717) is 12.1 Å². The zero-order valence-corrected chi connectivity index (χ0v) is 24.5. The summed E-state index contributed by atoms with van der Waals surface area (Å²) in [5, 5.41) is 2.92. The maximum atomic E-state index is 14.1. The number of rotatable bonds is 11.